The summed E-state index contributed by atoms with van der Waals surface area (Å²) in [5, 5.41) is 6.89. The van der Waals surface area contributed by atoms with Crippen LogP contribution in [-0.2, 0) is 30.5 Å². The average molecular weight is 412 g/mol. The third-order valence-corrected chi connectivity index (χ3v) is 6.67. The van der Waals surface area contributed by atoms with Crippen molar-refractivity contribution in [2.75, 3.05) is 6.54 Å². The lowest BCUT2D eigenvalue weighted by molar-refractivity contribution is -0.122. The minimum atomic E-state index is -0.250. The van der Waals surface area contributed by atoms with Gasteiger partial charge < -0.3 is 15.4 Å². The van der Waals surface area contributed by atoms with E-state index in [1.54, 1.807) is 0 Å². The summed E-state index contributed by atoms with van der Waals surface area (Å²) in [6.45, 7) is 0.553. The Morgan fingerprint density at radius 3 is 2.67 bits per heavy atom. The molecule has 30 heavy (non-hydrogen) atoms. The zero-order valence-corrected chi connectivity index (χ0v) is 18.2. The second kappa shape index (κ2) is 11.9. The first kappa shape index (κ1) is 22.5. The van der Waals surface area contributed by atoms with Crippen LogP contribution < -0.4 is 5.73 Å². The number of imidazole rings is 1. The van der Waals surface area contributed by atoms with Gasteiger partial charge in [0.25, 0.3) is 6.47 Å². The number of carbonyl (C=O) groups is 1. The summed E-state index contributed by atoms with van der Waals surface area (Å²) in [6.07, 6.45) is 18.9. The van der Waals surface area contributed by atoms with Gasteiger partial charge >= 0.3 is 0 Å². The maximum Gasteiger partial charge on any atom is 0.290 e. The molecule has 164 valence electrons. The van der Waals surface area contributed by atoms with Crippen LogP contribution in [0.4, 0.5) is 0 Å². The van der Waals surface area contributed by atoms with E-state index < -0.39 is 0 Å². The van der Waals surface area contributed by atoms with Gasteiger partial charge in [0.2, 0.25) is 0 Å². The number of rotatable bonds is 8. The van der Waals surface area contributed by atoms with Crippen molar-refractivity contribution in [1.29, 1.82) is 0 Å². The highest BCUT2D eigenvalue weighted by Crippen LogP contribution is 2.30. The number of nitrogens with zero attached hydrogens (tertiary/aromatic N) is 2. The van der Waals surface area contributed by atoms with Crippen LogP contribution >= 0.6 is 0 Å². The molecule has 0 unspecified atom stereocenters. The lowest BCUT2D eigenvalue weighted by atomic mass is 9.85. The number of fused-ring (bicyclic) bond motifs is 3. The van der Waals surface area contributed by atoms with E-state index in [1.165, 1.54) is 86.0 Å². The summed E-state index contributed by atoms with van der Waals surface area (Å²) in [4.78, 5) is 13.1. The molecule has 3 N–H and O–H groups in total. The van der Waals surface area contributed by atoms with Gasteiger partial charge in [-0.3, -0.25) is 4.79 Å². The summed E-state index contributed by atoms with van der Waals surface area (Å²) in [6, 6.07) is 7.17. The smallest absolute Gasteiger partial charge is 0.290 e. The van der Waals surface area contributed by atoms with Crippen LogP contribution in [0.3, 0.4) is 0 Å². The van der Waals surface area contributed by atoms with Crippen molar-refractivity contribution in [2.24, 2.45) is 11.7 Å². The van der Waals surface area contributed by atoms with Gasteiger partial charge in [-0.25, -0.2) is 4.98 Å². The highest BCUT2D eigenvalue weighted by Gasteiger charge is 2.20. The van der Waals surface area contributed by atoms with E-state index in [-0.39, 0.29) is 6.47 Å². The van der Waals surface area contributed by atoms with Crippen molar-refractivity contribution >= 4 is 6.47 Å². The molecule has 5 heteroatoms. The van der Waals surface area contributed by atoms with E-state index in [1.807, 2.05) is 6.33 Å². The van der Waals surface area contributed by atoms with E-state index in [0.717, 1.165) is 38.1 Å². The minimum Gasteiger partial charge on any atom is -0.483 e. The third kappa shape index (κ3) is 5.94. The van der Waals surface area contributed by atoms with Crippen molar-refractivity contribution in [3.63, 3.8) is 0 Å². The van der Waals surface area contributed by atoms with Crippen molar-refractivity contribution in [1.82, 2.24) is 9.55 Å². The van der Waals surface area contributed by atoms with Crippen LogP contribution in [0.25, 0.3) is 5.69 Å². The number of aromatic nitrogens is 2. The molecule has 2 aromatic rings. The number of hydrogen-bond acceptors (Lipinski definition) is 3. The fourth-order valence-electron chi connectivity index (χ4n) is 5.03. The molecule has 1 aliphatic carbocycles. The first-order chi connectivity index (χ1) is 14.8. The van der Waals surface area contributed by atoms with Crippen LogP contribution in [0, 0.1) is 5.92 Å². The topological polar surface area (TPSA) is 81.1 Å². The molecule has 1 aliphatic heterocycles. The van der Waals surface area contributed by atoms with Gasteiger partial charge in [-0.1, -0.05) is 50.7 Å². The lowest BCUT2D eigenvalue weighted by Gasteiger charge is -2.23. The lowest BCUT2D eigenvalue weighted by Crippen LogP contribution is -2.13. The van der Waals surface area contributed by atoms with E-state index >= 15 is 0 Å². The highest BCUT2D eigenvalue weighted by atomic mass is 16.3. The van der Waals surface area contributed by atoms with E-state index in [4.69, 9.17) is 20.6 Å². The summed E-state index contributed by atoms with van der Waals surface area (Å²) >= 11 is 0. The fraction of sp³-hybridized carbons (Fsp3) is 0.600. The molecular weight excluding hydrogens is 374 g/mol. The van der Waals surface area contributed by atoms with Crippen LogP contribution in [0.5, 0.6) is 0 Å². The predicted octanol–water partition coefficient (Wildman–Crippen LogP) is 4.86. The number of nitrogens with two attached hydrogens (primary N) is 1. The summed E-state index contributed by atoms with van der Waals surface area (Å²) in [7, 11) is 0. The molecule has 1 aromatic heterocycles. The van der Waals surface area contributed by atoms with Crippen LogP contribution in [-0.4, -0.2) is 27.7 Å². The van der Waals surface area contributed by atoms with Gasteiger partial charge in [0.05, 0.1) is 12.0 Å². The molecule has 0 bridgehead atoms. The van der Waals surface area contributed by atoms with Crippen molar-refractivity contribution in [2.45, 2.75) is 83.5 Å². The average Bonchev–Trinajstić information content (AvgIpc) is 3.20. The van der Waals surface area contributed by atoms with Gasteiger partial charge in [0.15, 0.2) is 0 Å². The van der Waals surface area contributed by atoms with E-state index in [9.17, 15) is 0 Å². The molecule has 4 rings (SSSR count). The molecule has 0 amide bonds. The van der Waals surface area contributed by atoms with Gasteiger partial charge in [0.1, 0.15) is 0 Å². The molecule has 0 atom stereocenters. The molecule has 0 radical (unpaired) electrons. The number of hydrogen-bond donors (Lipinski definition) is 2. The maximum atomic E-state index is 8.36. The van der Waals surface area contributed by atoms with Gasteiger partial charge in [0, 0.05) is 11.4 Å². The quantitative estimate of drug-likeness (QED) is 0.480. The van der Waals surface area contributed by atoms with Crippen LogP contribution in [0.15, 0.2) is 24.5 Å². The largest absolute Gasteiger partial charge is 0.483 e. The Labute approximate surface area is 180 Å². The standard InChI is InChI=1S/C24H35N3.CH2O2/c25-16-6-2-5-9-22-24-15-13-21-17-20(11-10-19-7-3-1-4-8-19)12-14-23(21)27(24)18-26-22;2-1-3/h12,14,17-19H,1-11,13,15-16,25H2;1H,(H,2,3). The normalized spacial score (nSPS) is 15.6. The monoisotopic (exact) mass is 411 g/mol. The summed E-state index contributed by atoms with van der Waals surface area (Å²) in [5.41, 5.74) is 12.7. The minimum absolute atomic E-state index is 0.250. The molecule has 2 heterocycles. The van der Waals surface area contributed by atoms with Gasteiger partial charge in [-0.05, 0) is 74.6 Å². The molecule has 1 aromatic carbocycles. The molecule has 5 nitrogen and oxygen atoms in total. The van der Waals surface area contributed by atoms with Gasteiger partial charge in [-0.15, -0.1) is 0 Å². The Balaban J connectivity index is 0.000000806. The molecule has 1 fully saturated rings. The second-order valence-corrected chi connectivity index (χ2v) is 8.72. The summed E-state index contributed by atoms with van der Waals surface area (Å²) in [5.74, 6) is 0.969. The molecular formula is C25H37N3O2. The van der Waals surface area contributed by atoms with E-state index in [0.29, 0.717) is 0 Å². The molecule has 0 spiro atoms. The third-order valence-electron chi connectivity index (χ3n) is 6.67. The number of unbranched alkanes of at least 4 members (excludes halogenated alkanes) is 2. The Bertz CT molecular complexity index is 794. The summed E-state index contributed by atoms with van der Waals surface area (Å²) < 4.78 is 2.35. The number of aryl methyl sites for hydroxylation is 3. The zero-order chi connectivity index (χ0) is 21.2. The molecule has 0 saturated heterocycles. The van der Waals surface area contributed by atoms with Crippen LogP contribution in [0.1, 0.15) is 80.3 Å². The first-order valence-corrected chi connectivity index (χ1v) is 11.7. The SMILES string of the molecule is NCCCCCc1ncn2c1CCc1cc(CCC3CCCCC3)ccc1-2.O=CO. The number of carboxylic acid groups (broad SMARTS) is 1. The first-order valence-electron chi connectivity index (χ1n) is 11.7. The Hall–Kier alpha value is -2.14. The Morgan fingerprint density at radius 1 is 1.10 bits per heavy atom. The fourth-order valence-corrected chi connectivity index (χ4v) is 5.03. The van der Waals surface area contributed by atoms with Crippen molar-refractivity contribution in [3.8, 4) is 5.69 Å². The molecule has 2 aliphatic rings. The Kier molecular flexibility index (Phi) is 8.94. The maximum absolute atomic E-state index is 8.36. The molecule has 1 saturated carbocycles. The van der Waals surface area contributed by atoms with Crippen molar-refractivity contribution < 1.29 is 9.90 Å². The zero-order valence-electron chi connectivity index (χ0n) is 18.2. The van der Waals surface area contributed by atoms with Crippen molar-refractivity contribution in [3.05, 3.63) is 47.0 Å². The number of benzene rings is 1. The van der Waals surface area contributed by atoms with E-state index in [2.05, 4.69) is 22.8 Å². The van der Waals surface area contributed by atoms with Gasteiger partial charge in [-0.2, -0.15) is 0 Å². The highest BCUT2D eigenvalue weighted by molar-refractivity contribution is 5.48. The second-order valence-electron chi connectivity index (χ2n) is 8.72. The van der Waals surface area contributed by atoms with Crippen LogP contribution in [0.2, 0.25) is 0 Å². The predicted molar refractivity (Wildman–Crippen MR) is 121 cm³/mol. The Morgan fingerprint density at radius 2 is 1.90 bits per heavy atom.